The van der Waals surface area contributed by atoms with E-state index in [0.717, 1.165) is 28.2 Å². The lowest BCUT2D eigenvalue weighted by Gasteiger charge is -2.14. The fourth-order valence-electron chi connectivity index (χ4n) is 3.26. The Morgan fingerprint density at radius 1 is 1.06 bits per heavy atom. The number of hydrogen-bond donors (Lipinski definition) is 2. The summed E-state index contributed by atoms with van der Waals surface area (Å²) in [5.74, 6) is -1.04. The molecule has 10 heteroatoms. The molecule has 0 saturated heterocycles. The number of carbonyl (C=O) groups excluding carboxylic acids is 1. The number of nitrogens with one attached hydrogen (secondary N) is 1. The number of nitrogen functional groups attached to an aromatic ring is 1. The van der Waals surface area contributed by atoms with Crippen molar-refractivity contribution in [2.75, 3.05) is 11.1 Å². The highest BCUT2D eigenvalue weighted by molar-refractivity contribution is 6.05. The molecule has 4 aromatic rings. The lowest BCUT2D eigenvalue weighted by Crippen LogP contribution is -2.17. The molecule has 0 fully saturated rings. The maximum Gasteiger partial charge on any atom is 0.420 e. The molecule has 0 aliphatic heterocycles. The molecule has 0 radical (unpaired) electrons. The quantitative estimate of drug-likeness (QED) is 0.458. The second-order valence-corrected chi connectivity index (χ2v) is 6.98. The zero-order valence-corrected chi connectivity index (χ0v) is 16.8. The minimum absolute atomic E-state index is 0.103. The van der Waals surface area contributed by atoms with Crippen LogP contribution in [-0.4, -0.2) is 25.9 Å². The number of carbonyl (C=O) groups is 1. The minimum atomic E-state index is -4.72. The van der Waals surface area contributed by atoms with E-state index in [1.807, 2.05) is 18.2 Å². The first kappa shape index (κ1) is 21.0. The number of aryl methyl sites for hydroxylation is 1. The minimum Gasteiger partial charge on any atom is -0.398 e. The van der Waals surface area contributed by atoms with Crippen molar-refractivity contribution in [1.82, 2.24) is 20.0 Å². The summed E-state index contributed by atoms with van der Waals surface area (Å²) in [5.41, 5.74) is 8.04. The average Bonchev–Trinajstić information content (AvgIpc) is 3.28. The predicted molar refractivity (Wildman–Crippen MR) is 113 cm³/mol. The SMILES string of the molecule is Cc1cc(-c2ccccc2N)ccc1C(=O)Nc1cnc(-n2nccn2)c(C(F)(F)F)c1. The summed E-state index contributed by atoms with van der Waals surface area (Å²) < 4.78 is 40.7. The van der Waals surface area contributed by atoms with Gasteiger partial charge in [0.1, 0.15) is 5.56 Å². The first-order valence-electron chi connectivity index (χ1n) is 9.45. The first-order valence-corrected chi connectivity index (χ1v) is 9.45. The highest BCUT2D eigenvalue weighted by Gasteiger charge is 2.36. The monoisotopic (exact) mass is 438 g/mol. The molecular weight excluding hydrogens is 421 g/mol. The van der Waals surface area contributed by atoms with Crippen LogP contribution >= 0.6 is 0 Å². The molecule has 0 unspecified atom stereocenters. The van der Waals surface area contributed by atoms with Crippen LogP contribution in [0.2, 0.25) is 0 Å². The third-order valence-electron chi connectivity index (χ3n) is 4.78. The molecule has 2 aromatic carbocycles. The van der Waals surface area contributed by atoms with E-state index in [1.54, 1.807) is 31.2 Å². The second kappa shape index (κ2) is 8.14. The molecule has 2 aromatic heterocycles. The summed E-state index contributed by atoms with van der Waals surface area (Å²) in [6.07, 6.45) is -1.11. The Morgan fingerprint density at radius 3 is 2.44 bits per heavy atom. The van der Waals surface area contributed by atoms with Crippen LogP contribution in [0.25, 0.3) is 16.9 Å². The van der Waals surface area contributed by atoms with Crippen molar-refractivity contribution in [3.63, 3.8) is 0 Å². The van der Waals surface area contributed by atoms with Crippen LogP contribution in [0.5, 0.6) is 0 Å². The van der Waals surface area contributed by atoms with Gasteiger partial charge in [0.2, 0.25) is 0 Å². The predicted octanol–water partition coefficient (Wildman–Crippen LogP) is 4.49. The van der Waals surface area contributed by atoms with Crippen molar-refractivity contribution in [3.8, 4) is 16.9 Å². The van der Waals surface area contributed by atoms with E-state index < -0.39 is 23.5 Å². The number of para-hydroxylation sites is 1. The van der Waals surface area contributed by atoms with Gasteiger partial charge in [0.05, 0.1) is 24.3 Å². The van der Waals surface area contributed by atoms with Gasteiger partial charge in [-0.1, -0.05) is 30.3 Å². The maximum atomic E-state index is 13.6. The summed E-state index contributed by atoms with van der Waals surface area (Å²) in [5, 5.41) is 9.87. The zero-order valence-electron chi connectivity index (χ0n) is 16.8. The van der Waals surface area contributed by atoms with Gasteiger partial charge in [-0.2, -0.15) is 23.4 Å². The number of pyridine rings is 1. The van der Waals surface area contributed by atoms with E-state index in [9.17, 15) is 18.0 Å². The maximum absolute atomic E-state index is 13.6. The Bertz CT molecular complexity index is 1290. The lowest BCUT2D eigenvalue weighted by molar-refractivity contribution is -0.137. The van der Waals surface area contributed by atoms with E-state index in [1.165, 1.54) is 12.4 Å². The lowest BCUT2D eigenvalue weighted by atomic mass is 9.98. The fraction of sp³-hybridized carbons (Fsp3) is 0.0909. The first-order chi connectivity index (χ1) is 15.2. The largest absolute Gasteiger partial charge is 0.420 e. The van der Waals surface area contributed by atoms with Crippen molar-refractivity contribution in [2.45, 2.75) is 13.1 Å². The van der Waals surface area contributed by atoms with Gasteiger partial charge >= 0.3 is 6.18 Å². The zero-order chi connectivity index (χ0) is 22.9. The summed E-state index contributed by atoms with van der Waals surface area (Å²) in [4.78, 5) is 17.3. The number of nitrogens with two attached hydrogens (primary N) is 1. The van der Waals surface area contributed by atoms with Crippen molar-refractivity contribution in [1.29, 1.82) is 0 Å². The summed E-state index contributed by atoms with van der Waals surface area (Å²) in [6, 6.07) is 13.3. The van der Waals surface area contributed by atoms with Gasteiger partial charge in [-0.25, -0.2) is 4.98 Å². The van der Waals surface area contributed by atoms with Crippen molar-refractivity contribution < 1.29 is 18.0 Å². The molecule has 0 atom stereocenters. The molecule has 0 aliphatic rings. The summed E-state index contributed by atoms with van der Waals surface area (Å²) >= 11 is 0. The number of amides is 1. The van der Waals surface area contributed by atoms with Crippen LogP contribution in [0.3, 0.4) is 0 Å². The fourth-order valence-corrected chi connectivity index (χ4v) is 3.26. The van der Waals surface area contributed by atoms with Gasteiger partial charge in [-0.3, -0.25) is 4.79 Å². The Kier molecular flexibility index (Phi) is 5.35. The van der Waals surface area contributed by atoms with Crippen molar-refractivity contribution >= 4 is 17.3 Å². The van der Waals surface area contributed by atoms with Gasteiger partial charge in [0, 0.05) is 16.8 Å². The van der Waals surface area contributed by atoms with Crippen LogP contribution in [0, 0.1) is 6.92 Å². The van der Waals surface area contributed by atoms with E-state index in [4.69, 9.17) is 5.73 Å². The van der Waals surface area contributed by atoms with Crippen LogP contribution in [0.1, 0.15) is 21.5 Å². The van der Waals surface area contributed by atoms with Crippen LogP contribution in [-0.2, 0) is 6.18 Å². The molecule has 7 nitrogen and oxygen atoms in total. The third-order valence-corrected chi connectivity index (χ3v) is 4.78. The van der Waals surface area contributed by atoms with Crippen molar-refractivity contribution in [3.05, 3.63) is 83.8 Å². The van der Waals surface area contributed by atoms with Crippen molar-refractivity contribution in [2.24, 2.45) is 0 Å². The number of hydrogen-bond acceptors (Lipinski definition) is 5. The molecule has 2 heterocycles. The van der Waals surface area contributed by atoms with Gasteiger partial charge in [-0.05, 0) is 36.2 Å². The molecule has 0 spiro atoms. The Hall–Kier alpha value is -4.21. The van der Waals surface area contributed by atoms with Gasteiger partial charge in [0.15, 0.2) is 5.82 Å². The molecule has 3 N–H and O–H groups in total. The highest BCUT2D eigenvalue weighted by Crippen LogP contribution is 2.34. The number of rotatable bonds is 4. The molecule has 0 bridgehead atoms. The Labute approximate surface area is 180 Å². The second-order valence-electron chi connectivity index (χ2n) is 6.98. The summed E-state index contributed by atoms with van der Waals surface area (Å²) in [6.45, 7) is 1.74. The number of anilines is 2. The highest BCUT2D eigenvalue weighted by atomic mass is 19.4. The third kappa shape index (κ3) is 4.15. The molecule has 4 rings (SSSR count). The van der Waals surface area contributed by atoms with Gasteiger partial charge in [-0.15, -0.1) is 4.80 Å². The normalized spacial score (nSPS) is 11.4. The Morgan fingerprint density at radius 2 is 1.78 bits per heavy atom. The molecule has 0 saturated carbocycles. The molecule has 0 aliphatic carbocycles. The molecular formula is C22H17F3N6O. The molecule has 1 amide bonds. The molecule has 32 heavy (non-hydrogen) atoms. The number of nitrogens with zero attached hydrogens (tertiary/aromatic N) is 4. The summed E-state index contributed by atoms with van der Waals surface area (Å²) in [7, 11) is 0. The number of aromatic nitrogens is 4. The van der Waals surface area contributed by atoms with Gasteiger partial charge < -0.3 is 11.1 Å². The number of alkyl halides is 3. The van der Waals surface area contributed by atoms with E-state index in [0.29, 0.717) is 16.8 Å². The Balaban J connectivity index is 1.62. The van der Waals surface area contributed by atoms with E-state index in [-0.39, 0.29) is 5.69 Å². The van der Waals surface area contributed by atoms with Gasteiger partial charge in [0.25, 0.3) is 5.91 Å². The van der Waals surface area contributed by atoms with Crippen LogP contribution in [0.15, 0.2) is 67.1 Å². The number of benzene rings is 2. The van der Waals surface area contributed by atoms with Crippen LogP contribution in [0.4, 0.5) is 24.5 Å². The average molecular weight is 438 g/mol. The van der Waals surface area contributed by atoms with Crippen LogP contribution < -0.4 is 11.1 Å². The topological polar surface area (TPSA) is 98.7 Å². The molecule has 162 valence electrons. The number of halogens is 3. The smallest absolute Gasteiger partial charge is 0.398 e. The van der Waals surface area contributed by atoms with E-state index in [2.05, 4.69) is 20.5 Å². The van der Waals surface area contributed by atoms with E-state index >= 15 is 0 Å². The standard InChI is InChI=1S/C22H17F3N6O/c1-13-10-14(17-4-2-3-5-19(17)26)6-7-16(13)21(32)30-15-11-18(22(23,24)25)20(27-12-15)31-28-8-9-29-31/h2-12H,26H2,1H3,(H,30,32).